The number of unbranched alkanes of at least 4 members (excludes halogenated alkanes) is 18. The molecule has 72 heavy (non-hydrogen) atoms. The lowest BCUT2D eigenvalue weighted by Crippen LogP contribution is -2.30. The Hall–Kier alpha value is -4.45. The second-order valence-electron chi connectivity index (χ2n) is 18.8. The summed E-state index contributed by atoms with van der Waals surface area (Å²) in [5.74, 6) is -0.940. The van der Waals surface area contributed by atoms with Crippen molar-refractivity contribution in [3.8, 4) is 0 Å². The summed E-state index contributed by atoms with van der Waals surface area (Å²) in [6.45, 7) is 6.32. The summed E-state index contributed by atoms with van der Waals surface area (Å²) in [5.41, 5.74) is 0. The summed E-state index contributed by atoms with van der Waals surface area (Å²) in [7, 11) is 0. The molecular weight excluding hydrogens is 889 g/mol. The first-order chi connectivity index (χ1) is 35.5. The van der Waals surface area contributed by atoms with Crippen molar-refractivity contribution < 1.29 is 28.6 Å². The fraction of sp³-hybridized carbons (Fsp3) is 0.621. The number of carbonyl (C=O) groups is 3. The highest BCUT2D eigenvalue weighted by Gasteiger charge is 2.19. The van der Waals surface area contributed by atoms with Crippen LogP contribution in [0.2, 0.25) is 0 Å². The second-order valence-corrected chi connectivity index (χ2v) is 18.8. The smallest absolute Gasteiger partial charge is 0.306 e. The monoisotopic (exact) mass is 995 g/mol. The van der Waals surface area contributed by atoms with Crippen molar-refractivity contribution in [3.63, 3.8) is 0 Å². The number of carbonyl (C=O) groups excluding carboxylic acids is 3. The molecule has 6 heteroatoms. The lowest BCUT2D eigenvalue weighted by molar-refractivity contribution is -0.167. The van der Waals surface area contributed by atoms with Crippen LogP contribution in [0.5, 0.6) is 0 Å². The van der Waals surface area contributed by atoms with Gasteiger partial charge in [-0.25, -0.2) is 0 Å². The van der Waals surface area contributed by atoms with Gasteiger partial charge >= 0.3 is 17.9 Å². The Balaban J connectivity index is 4.24. The van der Waals surface area contributed by atoms with Crippen LogP contribution in [0, 0.1) is 0 Å². The fourth-order valence-electron chi connectivity index (χ4n) is 7.59. The van der Waals surface area contributed by atoms with Gasteiger partial charge in [-0.05, 0) is 116 Å². The molecule has 1 unspecified atom stereocenters. The zero-order valence-corrected chi connectivity index (χ0v) is 46.4. The van der Waals surface area contributed by atoms with Crippen LogP contribution in [0.1, 0.15) is 245 Å². The summed E-state index contributed by atoms with van der Waals surface area (Å²) in [6, 6.07) is 0. The van der Waals surface area contributed by atoms with Crippen LogP contribution >= 0.6 is 0 Å². The van der Waals surface area contributed by atoms with Crippen LogP contribution < -0.4 is 0 Å². The van der Waals surface area contributed by atoms with Gasteiger partial charge in [0.05, 0.1) is 0 Å². The van der Waals surface area contributed by atoms with E-state index in [4.69, 9.17) is 14.2 Å². The van der Waals surface area contributed by atoms with E-state index in [1.54, 1.807) is 0 Å². The predicted octanol–water partition coefficient (Wildman–Crippen LogP) is 19.8. The number of rotatable bonds is 51. The minimum Gasteiger partial charge on any atom is -0.462 e. The number of hydrogen-bond acceptors (Lipinski definition) is 6. The summed E-state index contributed by atoms with van der Waals surface area (Å²) in [5, 5.41) is 0. The maximum atomic E-state index is 12.8. The molecule has 0 saturated carbocycles. The summed E-state index contributed by atoms with van der Waals surface area (Å²) >= 11 is 0. The largest absolute Gasteiger partial charge is 0.462 e. The molecule has 0 aliphatic carbocycles. The van der Waals surface area contributed by atoms with Gasteiger partial charge < -0.3 is 14.2 Å². The zero-order valence-electron chi connectivity index (χ0n) is 46.4. The van der Waals surface area contributed by atoms with E-state index in [9.17, 15) is 14.4 Å². The van der Waals surface area contributed by atoms with Crippen molar-refractivity contribution in [2.24, 2.45) is 0 Å². The predicted molar refractivity (Wildman–Crippen MR) is 311 cm³/mol. The Bertz CT molecular complexity index is 1560. The van der Waals surface area contributed by atoms with Gasteiger partial charge in [0.2, 0.25) is 0 Å². The molecule has 0 rings (SSSR count). The van der Waals surface area contributed by atoms with Gasteiger partial charge in [-0.2, -0.15) is 0 Å². The number of esters is 3. The molecule has 0 heterocycles. The Morgan fingerprint density at radius 3 is 0.847 bits per heavy atom. The summed E-state index contributed by atoms with van der Waals surface area (Å²) < 4.78 is 16.7. The first-order valence-electron chi connectivity index (χ1n) is 29.2. The van der Waals surface area contributed by atoms with E-state index in [1.165, 1.54) is 57.8 Å². The second kappa shape index (κ2) is 59.1. The van der Waals surface area contributed by atoms with Crippen molar-refractivity contribution in [2.45, 2.75) is 252 Å². The van der Waals surface area contributed by atoms with Crippen molar-refractivity contribution in [3.05, 3.63) is 134 Å². The molecule has 0 N–H and O–H groups in total. The number of allylic oxidation sites excluding steroid dienone is 22. The Labute approximate surface area is 443 Å². The Morgan fingerprint density at radius 2 is 0.542 bits per heavy atom. The third-order valence-electron chi connectivity index (χ3n) is 11.9. The van der Waals surface area contributed by atoms with Crippen molar-refractivity contribution in [2.75, 3.05) is 13.2 Å². The van der Waals surface area contributed by atoms with Crippen molar-refractivity contribution in [1.29, 1.82) is 0 Å². The van der Waals surface area contributed by atoms with Crippen LogP contribution in [0.25, 0.3) is 0 Å². The van der Waals surface area contributed by atoms with E-state index in [2.05, 4.69) is 154 Å². The van der Waals surface area contributed by atoms with Crippen LogP contribution in [0.4, 0.5) is 0 Å². The minimum atomic E-state index is -0.796. The van der Waals surface area contributed by atoms with Gasteiger partial charge in [0.15, 0.2) is 6.10 Å². The van der Waals surface area contributed by atoms with E-state index in [0.29, 0.717) is 19.3 Å². The van der Waals surface area contributed by atoms with Crippen LogP contribution in [-0.4, -0.2) is 37.2 Å². The van der Waals surface area contributed by atoms with Crippen molar-refractivity contribution >= 4 is 17.9 Å². The molecule has 0 aromatic heterocycles. The van der Waals surface area contributed by atoms with E-state index >= 15 is 0 Å². The quantitative estimate of drug-likeness (QED) is 0.0261. The average molecular weight is 996 g/mol. The lowest BCUT2D eigenvalue weighted by Gasteiger charge is -2.18. The molecule has 0 aliphatic heterocycles. The van der Waals surface area contributed by atoms with Gasteiger partial charge in [0.1, 0.15) is 13.2 Å². The summed E-state index contributed by atoms with van der Waals surface area (Å²) in [6.07, 6.45) is 83.3. The van der Waals surface area contributed by atoms with Crippen LogP contribution in [0.3, 0.4) is 0 Å². The molecule has 0 fully saturated rings. The number of hydrogen-bond donors (Lipinski definition) is 0. The summed E-state index contributed by atoms with van der Waals surface area (Å²) in [4.78, 5) is 37.9. The molecule has 0 aromatic carbocycles. The maximum Gasteiger partial charge on any atom is 0.306 e. The SMILES string of the molecule is CC/C=C\C/C=C\C/C=C\C/C=C\C/C=C\C/C=C\CCCCCCC(=O)OC(COC(=O)CCCCCCCC)COC(=O)CCCCCCCCCCC/C=C\C/C=C\C/C=C\C/C=C\C/C=C\CC. The Morgan fingerprint density at radius 1 is 0.292 bits per heavy atom. The minimum absolute atomic E-state index is 0.0942. The van der Waals surface area contributed by atoms with E-state index < -0.39 is 6.10 Å². The highest BCUT2D eigenvalue weighted by Crippen LogP contribution is 2.14. The topological polar surface area (TPSA) is 78.9 Å². The van der Waals surface area contributed by atoms with E-state index in [0.717, 1.165) is 148 Å². The molecule has 406 valence electrons. The van der Waals surface area contributed by atoms with Gasteiger partial charge in [-0.3, -0.25) is 14.4 Å². The molecule has 0 spiro atoms. The van der Waals surface area contributed by atoms with Crippen LogP contribution in [-0.2, 0) is 28.6 Å². The number of ether oxygens (including phenoxy) is 3. The lowest BCUT2D eigenvalue weighted by atomic mass is 10.1. The third kappa shape index (κ3) is 56.5. The van der Waals surface area contributed by atoms with Crippen molar-refractivity contribution in [1.82, 2.24) is 0 Å². The van der Waals surface area contributed by atoms with E-state index in [-0.39, 0.29) is 31.1 Å². The van der Waals surface area contributed by atoms with Gasteiger partial charge in [0.25, 0.3) is 0 Å². The first-order valence-corrected chi connectivity index (χ1v) is 29.2. The van der Waals surface area contributed by atoms with Gasteiger partial charge in [0, 0.05) is 19.3 Å². The standard InChI is InChI=1S/C66H106O6/c1-4-7-10-13-16-18-20-22-24-26-28-30-32-33-35-36-38-40-42-44-46-48-50-53-56-59-65(68)71-62-63(61-70-64(67)58-55-52-15-12-9-6-3)72-66(69)60-57-54-51-49-47-45-43-41-39-37-34-31-29-27-25-23-21-19-17-14-11-8-5-2/h7-8,10-11,16-19,22-25,28-31,33,35,37,39,43,45,63H,4-6,9,12-15,20-21,26-27,32,34,36,38,40-42,44,46-62H2,1-3H3/b10-7-,11-8-,18-16-,19-17-,24-22-,25-23-,30-28-,31-29-,35-33-,39-37-,45-43-. The Kier molecular flexibility index (Phi) is 55.5. The third-order valence-corrected chi connectivity index (χ3v) is 11.9. The normalized spacial score (nSPS) is 13.1. The maximum absolute atomic E-state index is 12.8. The molecule has 0 aromatic rings. The molecule has 0 amide bonds. The van der Waals surface area contributed by atoms with E-state index in [1.807, 2.05) is 0 Å². The highest BCUT2D eigenvalue weighted by atomic mass is 16.6. The van der Waals surface area contributed by atoms with Gasteiger partial charge in [-0.1, -0.05) is 244 Å². The molecular formula is C66H106O6. The molecule has 0 saturated heterocycles. The molecule has 6 nitrogen and oxygen atoms in total. The molecule has 0 bridgehead atoms. The highest BCUT2D eigenvalue weighted by molar-refractivity contribution is 5.71. The fourth-order valence-corrected chi connectivity index (χ4v) is 7.59. The molecule has 0 aliphatic rings. The average Bonchev–Trinajstić information content (AvgIpc) is 3.38. The molecule has 1 atom stereocenters. The van der Waals surface area contributed by atoms with Gasteiger partial charge in [-0.15, -0.1) is 0 Å². The molecule has 0 radical (unpaired) electrons. The zero-order chi connectivity index (χ0) is 52.2. The van der Waals surface area contributed by atoms with Crippen LogP contribution in [0.15, 0.2) is 134 Å². The first kappa shape index (κ1) is 67.5.